The zero-order valence-corrected chi connectivity index (χ0v) is 14.8. The molecule has 1 aromatic heterocycles. The molecule has 0 unspecified atom stereocenters. The number of amides is 1. The second-order valence-electron chi connectivity index (χ2n) is 5.76. The van der Waals surface area contributed by atoms with Crippen LogP contribution in [0.15, 0.2) is 73.1 Å². The van der Waals surface area contributed by atoms with Crippen LogP contribution in [-0.2, 0) is 11.3 Å². The summed E-state index contributed by atoms with van der Waals surface area (Å²) in [6.07, 6.45) is 3.31. The molecular weight excluding hydrogens is 342 g/mol. The average molecular weight is 361 g/mol. The number of anilines is 2. The highest BCUT2D eigenvalue weighted by atomic mass is 16.5. The van der Waals surface area contributed by atoms with Crippen LogP contribution in [0, 0.1) is 0 Å². The minimum Gasteiger partial charge on any atom is -0.457 e. The summed E-state index contributed by atoms with van der Waals surface area (Å²) in [5.74, 6) is -0.663. The van der Waals surface area contributed by atoms with Crippen molar-refractivity contribution in [3.63, 3.8) is 0 Å². The number of nitrogens with zero attached hydrogens (tertiary/aromatic N) is 1. The van der Waals surface area contributed by atoms with Crippen molar-refractivity contribution in [2.24, 2.45) is 0 Å². The van der Waals surface area contributed by atoms with Crippen molar-refractivity contribution < 1.29 is 14.3 Å². The van der Waals surface area contributed by atoms with E-state index in [0.717, 1.165) is 11.3 Å². The van der Waals surface area contributed by atoms with Gasteiger partial charge < -0.3 is 15.4 Å². The fourth-order valence-electron chi connectivity index (χ4n) is 2.50. The van der Waals surface area contributed by atoms with Crippen LogP contribution in [0.2, 0.25) is 0 Å². The number of aromatic nitrogens is 1. The molecule has 1 amide bonds. The largest absolute Gasteiger partial charge is 0.457 e. The Labute approximate surface area is 157 Å². The number of nitrogens with one attached hydrogen (secondary N) is 2. The number of benzene rings is 2. The summed E-state index contributed by atoms with van der Waals surface area (Å²) >= 11 is 0. The average Bonchev–Trinajstić information content (AvgIpc) is 2.73. The molecule has 0 atom stereocenters. The lowest BCUT2D eigenvalue weighted by Crippen LogP contribution is -2.14. The molecule has 0 spiro atoms. The summed E-state index contributed by atoms with van der Waals surface area (Å²) in [6, 6.07) is 17.4. The molecule has 136 valence electrons. The van der Waals surface area contributed by atoms with Crippen LogP contribution in [0.3, 0.4) is 0 Å². The van der Waals surface area contributed by atoms with E-state index >= 15 is 0 Å². The predicted molar refractivity (Wildman–Crippen MR) is 104 cm³/mol. The fourth-order valence-corrected chi connectivity index (χ4v) is 2.50. The number of rotatable bonds is 6. The zero-order chi connectivity index (χ0) is 19.1. The molecule has 0 saturated heterocycles. The number of carbonyl (C=O) groups is 2. The van der Waals surface area contributed by atoms with Gasteiger partial charge in [0.1, 0.15) is 6.61 Å². The lowest BCUT2D eigenvalue weighted by atomic mass is 10.1. The molecular formula is C21H19N3O3. The van der Waals surface area contributed by atoms with Gasteiger partial charge in [0.15, 0.2) is 0 Å². The number of para-hydroxylation sites is 1. The van der Waals surface area contributed by atoms with Crippen LogP contribution in [-0.4, -0.2) is 23.9 Å². The lowest BCUT2D eigenvalue weighted by Gasteiger charge is -2.10. The second-order valence-corrected chi connectivity index (χ2v) is 5.76. The summed E-state index contributed by atoms with van der Waals surface area (Å²) in [5, 5.41) is 5.80. The first-order chi connectivity index (χ1) is 13.2. The van der Waals surface area contributed by atoms with Crippen LogP contribution in [0.5, 0.6) is 0 Å². The normalized spacial score (nSPS) is 10.1. The summed E-state index contributed by atoms with van der Waals surface area (Å²) in [6.45, 7) is 0.159. The molecule has 1 heterocycles. The molecule has 0 aliphatic heterocycles. The Kier molecular flexibility index (Phi) is 5.79. The topological polar surface area (TPSA) is 80.3 Å². The monoisotopic (exact) mass is 361 g/mol. The maximum atomic E-state index is 12.4. The standard InChI is InChI=1S/C21H19N3O3/c1-22-19-7-3-2-6-18(19)20(25)24-17-10-8-16(9-11-17)21(26)27-14-15-5-4-12-23-13-15/h2-13,22H,14H2,1H3,(H,24,25). The highest BCUT2D eigenvalue weighted by Crippen LogP contribution is 2.17. The maximum absolute atomic E-state index is 12.4. The van der Waals surface area contributed by atoms with Crippen LogP contribution in [0.4, 0.5) is 11.4 Å². The van der Waals surface area contributed by atoms with Crippen molar-refractivity contribution in [2.45, 2.75) is 6.61 Å². The summed E-state index contributed by atoms with van der Waals surface area (Å²) in [5.41, 5.74) is 3.10. The Morgan fingerprint density at radius 1 is 1.00 bits per heavy atom. The third-order valence-electron chi connectivity index (χ3n) is 3.91. The molecule has 0 saturated carbocycles. The van der Waals surface area contributed by atoms with Crippen LogP contribution < -0.4 is 10.6 Å². The number of pyridine rings is 1. The minimum atomic E-state index is -0.433. The van der Waals surface area contributed by atoms with Crippen molar-refractivity contribution in [1.29, 1.82) is 0 Å². The first-order valence-electron chi connectivity index (χ1n) is 8.41. The van der Waals surface area contributed by atoms with Gasteiger partial charge in [-0.25, -0.2) is 4.79 Å². The van der Waals surface area contributed by atoms with Crippen molar-refractivity contribution in [3.8, 4) is 0 Å². The zero-order valence-electron chi connectivity index (χ0n) is 14.8. The number of ether oxygens (including phenoxy) is 1. The molecule has 0 radical (unpaired) electrons. The summed E-state index contributed by atoms with van der Waals surface area (Å²) in [7, 11) is 1.76. The highest BCUT2D eigenvalue weighted by molar-refractivity contribution is 6.08. The van der Waals surface area contributed by atoms with Gasteiger partial charge in [-0.05, 0) is 42.5 Å². The van der Waals surface area contributed by atoms with E-state index in [4.69, 9.17) is 4.74 Å². The number of esters is 1. The molecule has 0 fully saturated rings. The Morgan fingerprint density at radius 2 is 1.78 bits per heavy atom. The first kappa shape index (κ1) is 18.1. The number of hydrogen-bond acceptors (Lipinski definition) is 5. The van der Waals surface area contributed by atoms with Gasteiger partial charge in [-0.15, -0.1) is 0 Å². The maximum Gasteiger partial charge on any atom is 0.338 e. The van der Waals surface area contributed by atoms with Gasteiger partial charge >= 0.3 is 5.97 Å². The predicted octanol–water partition coefficient (Wildman–Crippen LogP) is 3.73. The summed E-state index contributed by atoms with van der Waals surface area (Å²) in [4.78, 5) is 28.5. The minimum absolute atomic E-state index is 0.159. The van der Waals surface area contributed by atoms with Crippen LogP contribution >= 0.6 is 0 Å². The van der Waals surface area contributed by atoms with E-state index < -0.39 is 5.97 Å². The van der Waals surface area contributed by atoms with Gasteiger partial charge in [-0.1, -0.05) is 18.2 Å². The van der Waals surface area contributed by atoms with E-state index in [1.54, 1.807) is 61.9 Å². The molecule has 0 aliphatic rings. The van der Waals surface area contributed by atoms with E-state index in [0.29, 0.717) is 16.8 Å². The van der Waals surface area contributed by atoms with Crippen molar-refractivity contribution in [1.82, 2.24) is 4.98 Å². The molecule has 2 N–H and O–H groups in total. The molecule has 6 heteroatoms. The van der Waals surface area contributed by atoms with Crippen LogP contribution in [0.1, 0.15) is 26.3 Å². The van der Waals surface area contributed by atoms with E-state index in [2.05, 4.69) is 15.6 Å². The third kappa shape index (κ3) is 4.70. The van der Waals surface area contributed by atoms with Gasteiger partial charge in [0, 0.05) is 36.4 Å². The fraction of sp³-hybridized carbons (Fsp3) is 0.0952. The molecule has 0 bridgehead atoms. The highest BCUT2D eigenvalue weighted by Gasteiger charge is 2.11. The third-order valence-corrected chi connectivity index (χ3v) is 3.91. The Bertz CT molecular complexity index is 925. The molecule has 6 nitrogen and oxygen atoms in total. The van der Waals surface area contributed by atoms with Gasteiger partial charge in [-0.3, -0.25) is 9.78 Å². The second kappa shape index (κ2) is 8.62. The van der Waals surface area contributed by atoms with E-state index in [1.165, 1.54) is 0 Å². The molecule has 27 heavy (non-hydrogen) atoms. The van der Waals surface area contributed by atoms with Crippen molar-refractivity contribution in [2.75, 3.05) is 17.7 Å². The quantitative estimate of drug-likeness (QED) is 0.654. The lowest BCUT2D eigenvalue weighted by molar-refractivity contribution is 0.0472. The molecule has 2 aromatic carbocycles. The molecule has 0 aliphatic carbocycles. The Balaban J connectivity index is 1.61. The van der Waals surface area contributed by atoms with Crippen molar-refractivity contribution in [3.05, 3.63) is 89.7 Å². The van der Waals surface area contributed by atoms with Crippen molar-refractivity contribution >= 4 is 23.3 Å². The number of hydrogen-bond donors (Lipinski definition) is 2. The smallest absolute Gasteiger partial charge is 0.338 e. The Morgan fingerprint density at radius 3 is 2.48 bits per heavy atom. The van der Waals surface area contributed by atoms with Gasteiger partial charge in [-0.2, -0.15) is 0 Å². The van der Waals surface area contributed by atoms with E-state index in [9.17, 15) is 9.59 Å². The number of carbonyl (C=O) groups excluding carboxylic acids is 2. The molecule has 3 rings (SSSR count). The van der Waals surface area contributed by atoms with E-state index in [1.807, 2.05) is 18.2 Å². The van der Waals surface area contributed by atoms with E-state index in [-0.39, 0.29) is 12.5 Å². The summed E-state index contributed by atoms with van der Waals surface area (Å²) < 4.78 is 5.26. The SMILES string of the molecule is CNc1ccccc1C(=O)Nc1ccc(C(=O)OCc2cccnc2)cc1. The van der Waals surface area contributed by atoms with Gasteiger partial charge in [0.25, 0.3) is 5.91 Å². The van der Waals surface area contributed by atoms with Gasteiger partial charge in [0.05, 0.1) is 11.1 Å². The van der Waals surface area contributed by atoms with Crippen LogP contribution in [0.25, 0.3) is 0 Å². The molecule has 3 aromatic rings. The Hall–Kier alpha value is -3.67. The van der Waals surface area contributed by atoms with Gasteiger partial charge in [0.2, 0.25) is 0 Å². The first-order valence-corrected chi connectivity index (χ1v) is 8.41.